The van der Waals surface area contributed by atoms with E-state index in [1.165, 1.54) is 73.8 Å². The summed E-state index contributed by atoms with van der Waals surface area (Å²) >= 11 is 0. The summed E-state index contributed by atoms with van der Waals surface area (Å²) in [5.74, 6) is -1.49. The fourth-order valence-electron chi connectivity index (χ4n) is 2.66. The van der Waals surface area contributed by atoms with Crippen LogP contribution in [0.15, 0.2) is 72.8 Å². The molecule has 156 valence electrons. The van der Waals surface area contributed by atoms with Crippen LogP contribution < -0.4 is 9.47 Å². The van der Waals surface area contributed by atoms with Crippen molar-refractivity contribution in [2.24, 2.45) is 0 Å². The first-order valence-corrected chi connectivity index (χ1v) is 9.00. The Morgan fingerprint density at radius 3 is 2.39 bits per heavy atom. The number of methoxy groups -OCH3 is 1. The number of non-ortho nitro benzene ring substituents is 1. The predicted octanol–water partition coefficient (Wildman–Crippen LogP) is 4.86. The number of hydrogen-bond donors (Lipinski definition) is 0. The number of allylic oxidation sites excluding steroid dienone is 1. The second kappa shape index (κ2) is 9.45. The zero-order valence-electron chi connectivity index (χ0n) is 16.3. The Labute approximate surface area is 176 Å². The number of halogens is 1. The number of carbonyl (C=O) groups excluding carboxylic acids is 2. The number of benzene rings is 3. The minimum atomic E-state index is -0.799. The average Bonchev–Trinajstić information content (AvgIpc) is 2.78. The van der Waals surface area contributed by atoms with Crippen molar-refractivity contribution in [1.29, 1.82) is 0 Å². The van der Waals surface area contributed by atoms with Crippen LogP contribution in [0.4, 0.5) is 10.1 Å². The lowest BCUT2D eigenvalue weighted by Gasteiger charge is -2.10. The van der Waals surface area contributed by atoms with Gasteiger partial charge in [0.1, 0.15) is 17.3 Å². The molecule has 31 heavy (non-hydrogen) atoms. The number of nitro benzene ring substituents is 1. The number of nitrogens with zero attached hydrogens (tertiary/aromatic N) is 1. The molecule has 0 heterocycles. The maximum absolute atomic E-state index is 13.8. The van der Waals surface area contributed by atoms with Gasteiger partial charge in [-0.1, -0.05) is 18.2 Å². The molecule has 0 saturated carbocycles. The number of rotatable bonds is 7. The van der Waals surface area contributed by atoms with Crippen molar-refractivity contribution in [2.45, 2.75) is 0 Å². The van der Waals surface area contributed by atoms with E-state index >= 15 is 0 Å². The van der Waals surface area contributed by atoms with Gasteiger partial charge >= 0.3 is 5.97 Å². The minimum absolute atomic E-state index is 0.0298. The van der Waals surface area contributed by atoms with Gasteiger partial charge in [-0.25, -0.2) is 9.18 Å². The van der Waals surface area contributed by atoms with Crippen LogP contribution in [0.2, 0.25) is 0 Å². The molecule has 0 saturated heterocycles. The van der Waals surface area contributed by atoms with Gasteiger partial charge in [0.05, 0.1) is 23.2 Å². The second-order valence-electron chi connectivity index (χ2n) is 6.27. The third kappa shape index (κ3) is 5.18. The summed E-state index contributed by atoms with van der Waals surface area (Å²) in [6.07, 6.45) is 2.48. The lowest BCUT2D eigenvalue weighted by atomic mass is 10.1. The highest BCUT2D eigenvalue weighted by molar-refractivity contribution is 6.09. The fourth-order valence-corrected chi connectivity index (χ4v) is 2.66. The largest absolute Gasteiger partial charge is 0.497 e. The van der Waals surface area contributed by atoms with E-state index in [0.717, 1.165) is 6.08 Å². The van der Waals surface area contributed by atoms with Gasteiger partial charge in [0.2, 0.25) is 0 Å². The van der Waals surface area contributed by atoms with E-state index in [1.54, 1.807) is 6.07 Å². The SMILES string of the molecule is COc1ccc(OC(=O)c2ccc([N+](=O)[O-])cc2)c(C(=O)/C=C/c2ccccc2F)c1. The molecule has 0 radical (unpaired) electrons. The van der Waals surface area contributed by atoms with Gasteiger partial charge in [-0.15, -0.1) is 0 Å². The fraction of sp³-hybridized carbons (Fsp3) is 0.0435. The smallest absolute Gasteiger partial charge is 0.343 e. The van der Waals surface area contributed by atoms with Gasteiger partial charge in [0.15, 0.2) is 5.78 Å². The molecule has 0 fully saturated rings. The summed E-state index contributed by atoms with van der Waals surface area (Å²) < 4.78 is 24.2. The molecule has 0 spiro atoms. The molecule has 0 amide bonds. The molecule has 0 aliphatic rings. The number of ether oxygens (including phenoxy) is 2. The maximum atomic E-state index is 13.8. The monoisotopic (exact) mass is 421 g/mol. The maximum Gasteiger partial charge on any atom is 0.343 e. The quantitative estimate of drug-likeness (QED) is 0.135. The van der Waals surface area contributed by atoms with E-state index in [9.17, 15) is 24.1 Å². The molecule has 3 aromatic carbocycles. The molecular weight excluding hydrogens is 405 g/mol. The van der Waals surface area contributed by atoms with Crippen LogP contribution in [-0.4, -0.2) is 23.8 Å². The molecule has 0 atom stereocenters. The Balaban J connectivity index is 1.87. The Morgan fingerprint density at radius 2 is 1.74 bits per heavy atom. The number of carbonyl (C=O) groups is 2. The molecule has 0 N–H and O–H groups in total. The molecule has 0 aliphatic carbocycles. The molecule has 8 heteroatoms. The molecule has 0 aromatic heterocycles. The van der Waals surface area contributed by atoms with Crippen molar-refractivity contribution >= 4 is 23.5 Å². The standard InChI is InChI=1S/C23H16FNO6/c1-30-18-11-13-22(31-23(27)16-6-9-17(10-7-16)25(28)29)19(14-18)21(26)12-8-15-4-2-3-5-20(15)24/h2-14H,1H3/b12-8+. The van der Waals surface area contributed by atoms with Crippen LogP contribution >= 0.6 is 0 Å². The minimum Gasteiger partial charge on any atom is -0.497 e. The first kappa shape index (κ1) is 21.4. The molecular formula is C23H16FNO6. The van der Waals surface area contributed by atoms with Gasteiger partial charge in [-0.3, -0.25) is 14.9 Å². The Kier molecular flexibility index (Phi) is 6.51. The van der Waals surface area contributed by atoms with Crippen molar-refractivity contribution in [3.05, 3.63) is 105 Å². The van der Waals surface area contributed by atoms with E-state index in [1.807, 2.05) is 0 Å². The summed E-state index contributed by atoms with van der Waals surface area (Å²) in [5, 5.41) is 10.7. The first-order chi connectivity index (χ1) is 14.9. The van der Waals surface area contributed by atoms with Gasteiger partial charge in [-0.2, -0.15) is 0 Å². The zero-order chi connectivity index (χ0) is 22.4. The van der Waals surface area contributed by atoms with E-state index in [0.29, 0.717) is 5.75 Å². The van der Waals surface area contributed by atoms with Gasteiger partial charge < -0.3 is 9.47 Å². The number of nitro groups is 1. The summed E-state index contributed by atoms with van der Waals surface area (Å²) in [5.41, 5.74) is 0.155. The van der Waals surface area contributed by atoms with E-state index in [2.05, 4.69) is 0 Å². The van der Waals surface area contributed by atoms with E-state index < -0.39 is 22.5 Å². The lowest BCUT2D eigenvalue weighted by molar-refractivity contribution is -0.384. The van der Waals surface area contributed by atoms with Gasteiger partial charge in [0, 0.05) is 17.7 Å². The highest BCUT2D eigenvalue weighted by atomic mass is 19.1. The van der Waals surface area contributed by atoms with Gasteiger partial charge in [0.25, 0.3) is 5.69 Å². The molecule has 7 nitrogen and oxygen atoms in total. The average molecular weight is 421 g/mol. The summed E-state index contributed by atoms with van der Waals surface area (Å²) in [6, 6.07) is 15.1. The summed E-state index contributed by atoms with van der Waals surface area (Å²) in [4.78, 5) is 35.3. The molecule has 3 rings (SSSR count). The highest BCUT2D eigenvalue weighted by Gasteiger charge is 2.17. The predicted molar refractivity (Wildman–Crippen MR) is 111 cm³/mol. The van der Waals surface area contributed by atoms with E-state index in [-0.39, 0.29) is 28.1 Å². The van der Waals surface area contributed by atoms with Crippen LogP contribution in [0, 0.1) is 15.9 Å². The van der Waals surface area contributed by atoms with Crippen molar-refractivity contribution in [1.82, 2.24) is 0 Å². The Morgan fingerprint density at radius 1 is 1.03 bits per heavy atom. The zero-order valence-corrected chi connectivity index (χ0v) is 16.3. The van der Waals surface area contributed by atoms with Crippen LogP contribution in [0.5, 0.6) is 11.5 Å². The van der Waals surface area contributed by atoms with Crippen LogP contribution in [0.25, 0.3) is 6.08 Å². The van der Waals surface area contributed by atoms with Gasteiger partial charge in [-0.05, 0) is 48.6 Å². The third-order valence-electron chi connectivity index (χ3n) is 4.29. The summed E-state index contributed by atoms with van der Waals surface area (Å²) in [7, 11) is 1.42. The topological polar surface area (TPSA) is 95.7 Å². The van der Waals surface area contributed by atoms with Crippen LogP contribution in [0.3, 0.4) is 0 Å². The first-order valence-electron chi connectivity index (χ1n) is 9.00. The van der Waals surface area contributed by atoms with Crippen LogP contribution in [0.1, 0.15) is 26.3 Å². The highest BCUT2D eigenvalue weighted by Crippen LogP contribution is 2.26. The molecule has 0 bridgehead atoms. The Hall–Kier alpha value is -4.33. The van der Waals surface area contributed by atoms with Crippen molar-refractivity contribution in [2.75, 3.05) is 7.11 Å². The van der Waals surface area contributed by atoms with Crippen molar-refractivity contribution in [3.63, 3.8) is 0 Å². The van der Waals surface area contributed by atoms with Crippen LogP contribution in [-0.2, 0) is 0 Å². The second-order valence-corrected chi connectivity index (χ2v) is 6.27. The molecule has 0 aliphatic heterocycles. The normalized spacial score (nSPS) is 10.6. The molecule has 0 unspecified atom stereocenters. The third-order valence-corrected chi connectivity index (χ3v) is 4.29. The number of hydrogen-bond acceptors (Lipinski definition) is 6. The number of esters is 1. The Bertz CT molecular complexity index is 1170. The van der Waals surface area contributed by atoms with Crippen molar-refractivity contribution in [3.8, 4) is 11.5 Å². The number of ketones is 1. The lowest BCUT2D eigenvalue weighted by Crippen LogP contribution is -2.11. The van der Waals surface area contributed by atoms with E-state index in [4.69, 9.17) is 9.47 Å². The summed E-state index contributed by atoms with van der Waals surface area (Å²) in [6.45, 7) is 0. The van der Waals surface area contributed by atoms with Crippen molar-refractivity contribution < 1.29 is 28.4 Å². The molecule has 3 aromatic rings.